The fraction of sp³-hybridized carbons (Fsp3) is 0.538. The highest BCUT2D eigenvalue weighted by Gasteiger charge is 2.12. The highest BCUT2D eigenvalue weighted by molar-refractivity contribution is 7.14. The Morgan fingerprint density at radius 3 is 2.83 bits per heavy atom. The van der Waals surface area contributed by atoms with E-state index in [0.29, 0.717) is 0 Å². The highest BCUT2D eigenvalue weighted by atomic mass is 32.1. The Hall–Kier alpha value is -1.20. The molecule has 2 heterocycles. The van der Waals surface area contributed by atoms with Gasteiger partial charge in [-0.3, -0.25) is 0 Å². The largest absolute Gasteiger partial charge is 0.466 e. The fourth-order valence-electron chi connectivity index (χ4n) is 1.85. The lowest BCUT2D eigenvalue weighted by Crippen LogP contribution is -2.14. The predicted octanol–water partition coefficient (Wildman–Crippen LogP) is 2.96. The smallest absolute Gasteiger partial charge is 0.151 e. The number of furan rings is 1. The molecule has 2 rings (SSSR count). The molecule has 0 aliphatic carbocycles. The quantitative estimate of drug-likeness (QED) is 0.816. The first-order chi connectivity index (χ1) is 8.70. The van der Waals surface area contributed by atoms with E-state index in [-0.39, 0.29) is 0 Å². The Labute approximate surface area is 111 Å². The molecule has 0 fully saturated rings. The van der Waals surface area contributed by atoms with Crippen molar-refractivity contribution in [2.45, 2.75) is 33.6 Å². The third-order valence-electron chi connectivity index (χ3n) is 2.73. The van der Waals surface area contributed by atoms with Crippen LogP contribution < -0.4 is 5.32 Å². The zero-order chi connectivity index (χ0) is 13.0. The van der Waals surface area contributed by atoms with E-state index < -0.39 is 0 Å². The second-order valence-electron chi connectivity index (χ2n) is 4.28. The maximum Gasteiger partial charge on any atom is 0.151 e. The van der Waals surface area contributed by atoms with Gasteiger partial charge in [-0.1, -0.05) is 18.3 Å². The molecule has 2 aromatic rings. The Kier molecular flexibility index (Phi) is 4.49. The summed E-state index contributed by atoms with van der Waals surface area (Å²) in [6.07, 6.45) is 2.09. The number of rotatable bonds is 6. The summed E-state index contributed by atoms with van der Waals surface area (Å²) in [5, 5.41) is 13.9. The number of hydrogen-bond acceptors (Lipinski definition) is 5. The topological polar surface area (TPSA) is 51.0 Å². The average molecular weight is 265 g/mol. The van der Waals surface area contributed by atoms with Gasteiger partial charge < -0.3 is 9.73 Å². The second-order valence-corrected chi connectivity index (χ2v) is 5.35. The molecule has 0 aromatic carbocycles. The van der Waals surface area contributed by atoms with Crippen molar-refractivity contribution in [3.05, 3.63) is 22.6 Å². The molecule has 0 aliphatic rings. The standard InChI is InChI=1S/C13H19N3OS/c1-4-14-7-5-6-12-15-16-13(18-12)11-8-9(2)17-10(11)3/h8,14H,4-7H2,1-3H3. The summed E-state index contributed by atoms with van der Waals surface area (Å²) in [7, 11) is 0. The molecule has 18 heavy (non-hydrogen) atoms. The van der Waals surface area contributed by atoms with E-state index in [1.165, 1.54) is 0 Å². The number of nitrogens with zero attached hydrogens (tertiary/aromatic N) is 2. The maximum absolute atomic E-state index is 5.52. The van der Waals surface area contributed by atoms with E-state index in [2.05, 4.69) is 22.4 Å². The Morgan fingerprint density at radius 2 is 2.17 bits per heavy atom. The van der Waals surface area contributed by atoms with Crippen LogP contribution in [0.25, 0.3) is 10.6 Å². The molecule has 0 unspecified atom stereocenters. The molecule has 0 atom stereocenters. The highest BCUT2D eigenvalue weighted by Crippen LogP contribution is 2.29. The zero-order valence-electron chi connectivity index (χ0n) is 11.1. The van der Waals surface area contributed by atoms with Crippen LogP contribution in [-0.2, 0) is 6.42 Å². The summed E-state index contributed by atoms with van der Waals surface area (Å²) in [6, 6.07) is 2.03. The van der Waals surface area contributed by atoms with E-state index in [1.54, 1.807) is 11.3 Å². The van der Waals surface area contributed by atoms with Crippen molar-refractivity contribution in [1.29, 1.82) is 0 Å². The van der Waals surface area contributed by atoms with Crippen molar-refractivity contribution in [3.63, 3.8) is 0 Å². The lowest BCUT2D eigenvalue weighted by molar-refractivity contribution is 0.505. The predicted molar refractivity (Wildman–Crippen MR) is 73.9 cm³/mol. The molecule has 0 saturated carbocycles. The van der Waals surface area contributed by atoms with Crippen molar-refractivity contribution in [3.8, 4) is 10.6 Å². The Bertz CT molecular complexity index is 504. The first kappa shape index (κ1) is 13.2. The Balaban J connectivity index is 1.99. The van der Waals surface area contributed by atoms with Crippen LogP contribution in [0.4, 0.5) is 0 Å². The summed E-state index contributed by atoms with van der Waals surface area (Å²) in [5.41, 5.74) is 1.07. The summed E-state index contributed by atoms with van der Waals surface area (Å²) >= 11 is 1.66. The van der Waals surface area contributed by atoms with Crippen LogP contribution in [0.15, 0.2) is 10.5 Å². The first-order valence-electron chi connectivity index (χ1n) is 6.31. The van der Waals surface area contributed by atoms with Gasteiger partial charge in [-0.2, -0.15) is 0 Å². The minimum absolute atomic E-state index is 0.919. The molecule has 0 spiro atoms. The third-order valence-corrected chi connectivity index (χ3v) is 3.75. The van der Waals surface area contributed by atoms with Crippen LogP contribution in [0.1, 0.15) is 29.9 Å². The molecule has 4 nitrogen and oxygen atoms in total. The van der Waals surface area contributed by atoms with Gasteiger partial charge >= 0.3 is 0 Å². The lowest BCUT2D eigenvalue weighted by atomic mass is 10.2. The molecule has 0 bridgehead atoms. The number of aryl methyl sites for hydroxylation is 3. The van der Waals surface area contributed by atoms with Crippen molar-refractivity contribution >= 4 is 11.3 Å². The van der Waals surface area contributed by atoms with Crippen LogP contribution in [0.3, 0.4) is 0 Å². The van der Waals surface area contributed by atoms with Gasteiger partial charge in [0.2, 0.25) is 0 Å². The van der Waals surface area contributed by atoms with E-state index in [9.17, 15) is 0 Å². The molecule has 0 radical (unpaired) electrons. The molecular weight excluding hydrogens is 246 g/mol. The average Bonchev–Trinajstić information content (AvgIpc) is 2.91. The maximum atomic E-state index is 5.52. The van der Waals surface area contributed by atoms with Gasteiger partial charge in [-0.05, 0) is 39.4 Å². The minimum atomic E-state index is 0.919. The van der Waals surface area contributed by atoms with Crippen LogP contribution in [0.5, 0.6) is 0 Å². The molecule has 0 aliphatic heterocycles. The van der Waals surface area contributed by atoms with Crippen LogP contribution in [-0.4, -0.2) is 23.3 Å². The monoisotopic (exact) mass is 265 g/mol. The molecule has 5 heteroatoms. The van der Waals surface area contributed by atoms with Crippen LogP contribution in [0, 0.1) is 13.8 Å². The number of nitrogens with one attached hydrogen (secondary N) is 1. The Morgan fingerprint density at radius 1 is 1.33 bits per heavy atom. The molecule has 2 aromatic heterocycles. The van der Waals surface area contributed by atoms with Gasteiger partial charge in [0.25, 0.3) is 0 Å². The minimum Gasteiger partial charge on any atom is -0.466 e. The van der Waals surface area contributed by atoms with Gasteiger partial charge in [-0.15, -0.1) is 10.2 Å². The van der Waals surface area contributed by atoms with Crippen molar-refractivity contribution in [2.75, 3.05) is 13.1 Å². The number of hydrogen-bond donors (Lipinski definition) is 1. The molecule has 0 saturated heterocycles. The third kappa shape index (κ3) is 3.17. The van der Waals surface area contributed by atoms with Gasteiger partial charge in [0.05, 0.1) is 5.56 Å². The summed E-state index contributed by atoms with van der Waals surface area (Å²) in [6.45, 7) is 8.10. The van der Waals surface area contributed by atoms with Crippen molar-refractivity contribution in [1.82, 2.24) is 15.5 Å². The van der Waals surface area contributed by atoms with Crippen molar-refractivity contribution in [2.24, 2.45) is 0 Å². The summed E-state index contributed by atoms with van der Waals surface area (Å²) < 4.78 is 5.52. The van der Waals surface area contributed by atoms with E-state index >= 15 is 0 Å². The van der Waals surface area contributed by atoms with Gasteiger partial charge in [0.1, 0.15) is 16.5 Å². The number of aromatic nitrogens is 2. The molecule has 1 N–H and O–H groups in total. The molecule has 98 valence electrons. The SMILES string of the molecule is CCNCCCc1nnc(-c2cc(C)oc2C)s1. The molecular formula is C13H19N3OS. The van der Waals surface area contributed by atoms with Crippen LogP contribution in [0.2, 0.25) is 0 Å². The summed E-state index contributed by atoms with van der Waals surface area (Å²) in [5.74, 6) is 1.84. The molecule has 0 amide bonds. The van der Waals surface area contributed by atoms with Gasteiger partial charge in [-0.25, -0.2) is 0 Å². The van der Waals surface area contributed by atoms with E-state index in [4.69, 9.17) is 4.42 Å². The van der Waals surface area contributed by atoms with Crippen LogP contribution >= 0.6 is 11.3 Å². The van der Waals surface area contributed by atoms with E-state index in [1.807, 2.05) is 19.9 Å². The first-order valence-corrected chi connectivity index (χ1v) is 7.13. The second kappa shape index (κ2) is 6.11. The van der Waals surface area contributed by atoms with Gasteiger partial charge in [0.15, 0.2) is 5.01 Å². The van der Waals surface area contributed by atoms with Crippen molar-refractivity contribution < 1.29 is 4.42 Å². The lowest BCUT2D eigenvalue weighted by Gasteiger charge is -1.97. The normalized spacial score (nSPS) is 11.1. The van der Waals surface area contributed by atoms with Gasteiger partial charge in [0, 0.05) is 6.42 Å². The zero-order valence-corrected chi connectivity index (χ0v) is 11.9. The van der Waals surface area contributed by atoms with E-state index in [0.717, 1.165) is 53.0 Å². The fourth-order valence-corrected chi connectivity index (χ4v) is 2.79. The summed E-state index contributed by atoms with van der Waals surface area (Å²) in [4.78, 5) is 0.